The number of pyridine rings is 1. The van der Waals surface area contributed by atoms with Crippen molar-refractivity contribution >= 4 is 15.9 Å². The number of nitrogens with zero attached hydrogens (tertiary/aromatic N) is 1. The highest BCUT2D eigenvalue weighted by Crippen LogP contribution is 2.19. The maximum atomic E-state index is 9.16. The zero-order chi connectivity index (χ0) is 13.2. The summed E-state index contributed by atoms with van der Waals surface area (Å²) in [5.74, 6) is 0.470. The molecule has 0 saturated heterocycles. The lowest BCUT2D eigenvalue weighted by atomic mass is 10.3. The third-order valence-corrected chi connectivity index (χ3v) is 2.60. The van der Waals surface area contributed by atoms with Gasteiger partial charge in [-0.2, -0.15) is 0 Å². The van der Waals surface area contributed by atoms with Gasteiger partial charge in [0.15, 0.2) is 0 Å². The topological polar surface area (TPSA) is 60.8 Å². The summed E-state index contributed by atoms with van der Waals surface area (Å²) in [4.78, 5) is 4.11. The summed E-state index contributed by atoms with van der Waals surface area (Å²) in [5, 5.41) is 9.16. The number of halogens is 1. The third-order valence-electron chi connectivity index (χ3n) is 2.17. The van der Waals surface area contributed by atoms with Crippen molar-refractivity contribution in [3.05, 3.63) is 22.3 Å². The van der Waals surface area contributed by atoms with Crippen LogP contribution in [0.25, 0.3) is 0 Å². The molecule has 1 heterocycles. The predicted molar refractivity (Wildman–Crippen MR) is 70.7 cm³/mol. The van der Waals surface area contributed by atoms with E-state index in [4.69, 9.17) is 19.3 Å². The highest BCUT2D eigenvalue weighted by atomic mass is 79.9. The molecule has 0 aliphatic carbocycles. The third kappa shape index (κ3) is 5.77. The highest BCUT2D eigenvalue weighted by Gasteiger charge is 2.05. The maximum Gasteiger partial charge on any atom is 0.218 e. The summed E-state index contributed by atoms with van der Waals surface area (Å²) in [6, 6.07) is 1.79. The Labute approximate surface area is 115 Å². The first-order valence-electron chi connectivity index (χ1n) is 5.72. The van der Waals surface area contributed by atoms with E-state index < -0.39 is 0 Å². The van der Waals surface area contributed by atoms with Gasteiger partial charge in [-0.15, -0.1) is 0 Å². The number of aliphatic hydroxyl groups excluding tert-OH is 1. The van der Waals surface area contributed by atoms with Crippen molar-refractivity contribution in [2.45, 2.75) is 13.0 Å². The molecular formula is C12H18BrNO4. The molecule has 1 aromatic rings. The second-order valence-electron chi connectivity index (χ2n) is 3.58. The summed E-state index contributed by atoms with van der Waals surface area (Å²) >= 11 is 3.29. The molecule has 1 aromatic heterocycles. The Morgan fingerprint density at radius 3 is 2.83 bits per heavy atom. The van der Waals surface area contributed by atoms with Gasteiger partial charge < -0.3 is 19.3 Å². The van der Waals surface area contributed by atoms with Gasteiger partial charge in [0.2, 0.25) is 5.88 Å². The number of aliphatic hydroxyl groups is 1. The average molecular weight is 320 g/mol. The van der Waals surface area contributed by atoms with Gasteiger partial charge in [0.05, 0.1) is 26.4 Å². The molecule has 0 amide bonds. The smallest absolute Gasteiger partial charge is 0.218 e. The van der Waals surface area contributed by atoms with Crippen LogP contribution in [-0.2, 0) is 16.1 Å². The number of aromatic nitrogens is 1. The van der Waals surface area contributed by atoms with Gasteiger partial charge in [-0.05, 0) is 22.0 Å². The van der Waals surface area contributed by atoms with Gasteiger partial charge in [0.25, 0.3) is 0 Å². The van der Waals surface area contributed by atoms with Crippen LogP contribution < -0.4 is 4.74 Å². The minimum Gasteiger partial charge on any atom is -0.477 e. The second-order valence-corrected chi connectivity index (χ2v) is 4.50. The average Bonchev–Trinajstić information content (AvgIpc) is 2.39. The van der Waals surface area contributed by atoms with Gasteiger partial charge in [0.1, 0.15) is 0 Å². The second kappa shape index (κ2) is 9.27. The summed E-state index contributed by atoms with van der Waals surface area (Å²) in [6.07, 6.45) is 2.41. The summed E-state index contributed by atoms with van der Waals surface area (Å²) < 4.78 is 16.5. The van der Waals surface area contributed by atoms with Crippen LogP contribution in [-0.4, -0.2) is 43.6 Å². The number of methoxy groups -OCH3 is 1. The molecule has 0 aromatic carbocycles. The Morgan fingerprint density at radius 1 is 1.28 bits per heavy atom. The monoisotopic (exact) mass is 319 g/mol. The molecule has 0 spiro atoms. The van der Waals surface area contributed by atoms with Crippen LogP contribution in [0.15, 0.2) is 16.7 Å². The first kappa shape index (κ1) is 15.4. The fourth-order valence-corrected chi connectivity index (χ4v) is 1.66. The molecule has 1 N–H and O–H groups in total. The number of rotatable bonds is 9. The normalized spacial score (nSPS) is 10.6. The number of hydrogen-bond acceptors (Lipinski definition) is 5. The van der Waals surface area contributed by atoms with Crippen molar-refractivity contribution in [1.82, 2.24) is 4.98 Å². The van der Waals surface area contributed by atoms with E-state index >= 15 is 0 Å². The largest absolute Gasteiger partial charge is 0.477 e. The molecule has 0 aliphatic heterocycles. The Balaban J connectivity index is 2.22. The maximum absolute atomic E-state index is 9.16. The minimum atomic E-state index is -0.0912. The number of ether oxygens (including phenoxy) is 3. The van der Waals surface area contributed by atoms with Crippen LogP contribution in [0.1, 0.15) is 12.0 Å². The quantitative estimate of drug-likeness (QED) is 0.703. The molecule has 0 radical (unpaired) electrons. The molecule has 1 rings (SSSR count). The van der Waals surface area contributed by atoms with Crippen LogP contribution in [0.3, 0.4) is 0 Å². The fraction of sp³-hybridized carbons (Fsp3) is 0.583. The lowest BCUT2D eigenvalue weighted by molar-refractivity contribution is 0.0640. The molecule has 18 heavy (non-hydrogen) atoms. The molecule has 0 aliphatic rings. The molecule has 0 atom stereocenters. The summed E-state index contributed by atoms with van der Waals surface area (Å²) in [6.45, 7) is 2.23. The zero-order valence-electron chi connectivity index (χ0n) is 10.4. The van der Waals surface area contributed by atoms with E-state index in [9.17, 15) is 0 Å². The predicted octanol–water partition coefficient (Wildman–Crippen LogP) is 1.77. The van der Waals surface area contributed by atoms with E-state index in [0.717, 1.165) is 10.9 Å². The van der Waals surface area contributed by atoms with E-state index in [1.165, 1.54) is 0 Å². The fourth-order valence-electron chi connectivity index (χ4n) is 1.29. The van der Waals surface area contributed by atoms with Gasteiger partial charge >= 0.3 is 0 Å². The van der Waals surface area contributed by atoms with Gasteiger partial charge in [-0.25, -0.2) is 4.98 Å². The van der Waals surface area contributed by atoms with E-state index in [-0.39, 0.29) is 6.61 Å². The van der Waals surface area contributed by atoms with Crippen LogP contribution in [0, 0.1) is 0 Å². The van der Waals surface area contributed by atoms with E-state index in [2.05, 4.69) is 20.9 Å². The lowest BCUT2D eigenvalue weighted by Crippen LogP contribution is -2.08. The Kier molecular flexibility index (Phi) is 7.91. The molecular weight excluding hydrogens is 302 g/mol. The van der Waals surface area contributed by atoms with Crippen molar-refractivity contribution in [2.75, 3.05) is 33.5 Å². The van der Waals surface area contributed by atoms with Crippen molar-refractivity contribution in [3.8, 4) is 5.88 Å². The first-order valence-corrected chi connectivity index (χ1v) is 6.52. The van der Waals surface area contributed by atoms with E-state index in [1.54, 1.807) is 19.4 Å². The van der Waals surface area contributed by atoms with Gasteiger partial charge in [0, 0.05) is 36.4 Å². The van der Waals surface area contributed by atoms with Gasteiger partial charge in [-0.1, -0.05) is 0 Å². The first-order chi connectivity index (χ1) is 8.77. The molecule has 0 unspecified atom stereocenters. The lowest BCUT2D eigenvalue weighted by Gasteiger charge is -2.09. The van der Waals surface area contributed by atoms with Crippen molar-refractivity contribution in [3.63, 3.8) is 0 Å². The van der Waals surface area contributed by atoms with Crippen LogP contribution in [0.4, 0.5) is 0 Å². The van der Waals surface area contributed by atoms with Gasteiger partial charge in [-0.3, -0.25) is 0 Å². The SMILES string of the molecule is COCCOCCCOc1ncc(Br)cc1CO. The van der Waals surface area contributed by atoms with E-state index in [1.807, 2.05) is 0 Å². The van der Waals surface area contributed by atoms with Crippen molar-refractivity contribution in [1.29, 1.82) is 0 Å². The van der Waals surface area contributed by atoms with Crippen molar-refractivity contribution < 1.29 is 19.3 Å². The van der Waals surface area contributed by atoms with Crippen LogP contribution >= 0.6 is 15.9 Å². The molecule has 0 bridgehead atoms. The standard InChI is InChI=1S/C12H18BrNO4/c1-16-5-6-17-3-2-4-18-12-10(9-15)7-11(13)8-14-12/h7-8,15H,2-6,9H2,1H3. The molecule has 102 valence electrons. The van der Waals surface area contributed by atoms with E-state index in [0.29, 0.717) is 37.9 Å². The number of hydrogen-bond donors (Lipinski definition) is 1. The highest BCUT2D eigenvalue weighted by molar-refractivity contribution is 9.10. The van der Waals surface area contributed by atoms with Crippen molar-refractivity contribution in [2.24, 2.45) is 0 Å². The summed E-state index contributed by atoms with van der Waals surface area (Å²) in [5.41, 5.74) is 0.671. The van der Waals surface area contributed by atoms with Crippen LogP contribution in [0.5, 0.6) is 5.88 Å². The van der Waals surface area contributed by atoms with Crippen LogP contribution in [0.2, 0.25) is 0 Å². The Bertz CT molecular complexity index is 349. The molecule has 0 saturated carbocycles. The molecule has 6 heteroatoms. The minimum absolute atomic E-state index is 0.0912. The molecule has 5 nitrogen and oxygen atoms in total. The summed E-state index contributed by atoms with van der Waals surface area (Å²) in [7, 11) is 1.64. The molecule has 0 fully saturated rings. The Morgan fingerprint density at radius 2 is 2.11 bits per heavy atom. The Hall–Kier alpha value is -0.690. The zero-order valence-corrected chi connectivity index (χ0v) is 12.0.